The lowest BCUT2D eigenvalue weighted by atomic mass is 10.1. The Hall–Kier alpha value is -2.26. The van der Waals surface area contributed by atoms with Crippen molar-refractivity contribution in [1.82, 2.24) is 19.5 Å². The number of fused-ring (bicyclic) bond motifs is 1. The van der Waals surface area contributed by atoms with Gasteiger partial charge >= 0.3 is 0 Å². The molecule has 0 saturated heterocycles. The van der Waals surface area contributed by atoms with Crippen LogP contribution in [0.25, 0.3) is 11.2 Å². The number of imidazole rings is 1. The smallest absolute Gasteiger partial charge is 0.165 e. The van der Waals surface area contributed by atoms with Crippen molar-refractivity contribution in [2.45, 2.75) is 24.7 Å². The number of oxime groups is 1. The fourth-order valence-electron chi connectivity index (χ4n) is 2.72. The fourth-order valence-corrected chi connectivity index (χ4v) is 2.72. The molecule has 0 radical (unpaired) electrons. The van der Waals surface area contributed by atoms with Crippen LogP contribution < -0.4 is 5.73 Å². The number of hydrogen-bond acceptors (Lipinski definition) is 8. The van der Waals surface area contributed by atoms with Crippen LogP contribution in [-0.2, 0) is 4.84 Å². The monoisotopic (exact) mass is 292 g/mol. The first-order valence-electron chi connectivity index (χ1n) is 6.49. The standard InChI is InChI=1S/C12H16N6O3/c1-21-17-3-6-2-7(10(20)9(6)19)18-5-16-8-11(13)14-4-15-12(8)18/h3-7,9-10,19-20H,2H2,1H3,(H2,13,14,15)/b17-3+. The molecule has 4 atom stereocenters. The van der Waals surface area contributed by atoms with Crippen LogP contribution in [-0.4, -0.2) is 55.3 Å². The predicted octanol–water partition coefficient (Wildman–Crippen LogP) is -0.677. The molecule has 0 aromatic carbocycles. The van der Waals surface area contributed by atoms with Gasteiger partial charge in [0.25, 0.3) is 0 Å². The number of aromatic nitrogens is 4. The van der Waals surface area contributed by atoms with Gasteiger partial charge in [-0.3, -0.25) is 0 Å². The summed E-state index contributed by atoms with van der Waals surface area (Å²) in [6.45, 7) is 0. The molecule has 3 rings (SSSR count). The first kappa shape index (κ1) is 13.7. The topological polar surface area (TPSA) is 132 Å². The molecule has 1 aliphatic rings. The summed E-state index contributed by atoms with van der Waals surface area (Å²) in [4.78, 5) is 16.8. The van der Waals surface area contributed by atoms with E-state index in [1.165, 1.54) is 19.7 Å². The molecule has 0 aliphatic heterocycles. The Labute approximate surface area is 120 Å². The van der Waals surface area contributed by atoms with Crippen molar-refractivity contribution in [1.29, 1.82) is 0 Å². The van der Waals surface area contributed by atoms with E-state index >= 15 is 0 Å². The maximum absolute atomic E-state index is 10.3. The normalized spacial score (nSPS) is 29.5. The molecule has 9 nitrogen and oxygen atoms in total. The molecule has 4 N–H and O–H groups in total. The fraction of sp³-hybridized carbons (Fsp3) is 0.500. The van der Waals surface area contributed by atoms with Crippen LogP contribution in [0.4, 0.5) is 5.82 Å². The number of aliphatic hydroxyl groups is 2. The third kappa shape index (κ3) is 2.20. The molecule has 0 bridgehead atoms. The van der Waals surface area contributed by atoms with E-state index < -0.39 is 12.2 Å². The van der Waals surface area contributed by atoms with Gasteiger partial charge in [-0.25, -0.2) is 15.0 Å². The van der Waals surface area contributed by atoms with Gasteiger partial charge in [-0.1, -0.05) is 5.16 Å². The highest BCUT2D eigenvalue weighted by Gasteiger charge is 2.42. The number of nitrogen functional groups attached to an aromatic ring is 1. The van der Waals surface area contributed by atoms with Gasteiger partial charge in [0.2, 0.25) is 0 Å². The van der Waals surface area contributed by atoms with Crippen molar-refractivity contribution in [3.8, 4) is 0 Å². The van der Waals surface area contributed by atoms with Crippen molar-refractivity contribution in [3.63, 3.8) is 0 Å². The van der Waals surface area contributed by atoms with Gasteiger partial charge in [-0.05, 0) is 6.42 Å². The SMILES string of the molecule is CO/N=C/C1CC(n2cnc3c(N)ncnc32)C(O)C1O. The Kier molecular flexibility index (Phi) is 3.43. The first-order chi connectivity index (χ1) is 10.1. The molecule has 1 saturated carbocycles. The molecule has 9 heteroatoms. The van der Waals surface area contributed by atoms with Crippen molar-refractivity contribution in [3.05, 3.63) is 12.7 Å². The van der Waals surface area contributed by atoms with E-state index in [1.807, 2.05) is 0 Å². The van der Waals surface area contributed by atoms with Crippen LogP contribution in [0.3, 0.4) is 0 Å². The van der Waals surface area contributed by atoms with Gasteiger partial charge in [0.05, 0.1) is 18.5 Å². The molecule has 4 unspecified atom stereocenters. The molecule has 21 heavy (non-hydrogen) atoms. The van der Waals surface area contributed by atoms with E-state index in [0.717, 1.165) is 0 Å². The molecule has 0 spiro atoms. The zero-order valence-electron chi connectivity index (χ0n) is 11.4. The lowest BCUT2D eigenvalue weighted by Crippen LogP contribution is -2.29. The molecular formula is C12H16N6O3. The highest BCUT2D eigenvalue weighted by Crippen LogP contribution is 2.36. The molecular weight excluding hydrogens is 276 g/mol. The minimum atomic E-state index is -0.952. The summed E-state index contributed by atoms with van der Waals surface area (Å²) in [5.74, 6) is -0.0223. The van der Waals surface area contributed by atoms with Crippen molar-refractivity contribution in [2.24, 2.45) is 11.1 Å². The van der Waals surface area contributed by atoms with Gasteiger partial charge in [0, 0.05) is 12.1 Å². The van der Waals surface area contributed by atoms with Crippen LogP contribution in [0.1, 0.15) is 12.5 Å². The minimum absolute atomic E-state index is 0.282. The van der Waals surface area contributed by atoms with Crippen molar-refractivity contribution < 1.29 is 15.1 Å². The molecule has 1 aliphatic carbocycles. The summed E-state index contributed by atoms with van der Waals surface area (Å²) in [7, 11) is 1.43. The molecule has 0 amide bonds. The molecule has 2 aromatic heterocycles. The number of anilines is 1. The number of rotatable bonds is 3. The number of nitrogens with two attached hydrogens (primary N) is 1. The summed E-state index contributed by atoms with van der Waals surface area (Å²) in [5.41, 5.74) is 6.76. The van der Waals surface area contributed by atoms with Crippen LogP contribution in [0.2, 0.25) is 0 Å². The highest BCUT2D eigenvalue weighted by atomic mass is 16.6. The second kappa shape index (κ2) is 5.26. The van der Waals surface area contributed by atoms with Crippen LogP contribution in [0.5, 0.6) is 0 Å². The van der Waals surface area contributed by atoms with Crippen molar-refractivity contribution in [2.75, 3.05) is 12.8 Å². The van der Waals surface area contributed by atoms with E-state index in [4.69, 9.17) is 5.73 Å². The lowest BCUT2D eigenvalue weighted by molar-refractivity contribution is 0.0163. The molecule has 2 aromatic rings. The zero-order valence-corrected chi connectivity index (χ0v) is 11.4. The Balaban J connectivity index is 1.96. The van der Waals surface area contributed by atoms with Gasteiger partial charge in [-0.15, -0.1) is 0 Å². The van der Waals surface area contributed by atoms with Gasteiger partial charge in [-0.2, -0.15) is 0 Å². The maximum atomic E-state index is 10.3. The van der Waals surface area contributed by atoms with Crippen LogP contribution >= 0.6 is 0 Å². The minimum Gasteiger partial charge on any atom is -0.399 e. The van der Waals surface area contributed by atoms with Gasteiger partial charge in [0.1, 0.15) is 25.1 Å². The van der Waals surface area contributed by atoms with E-state index in [2.05, 4.69) is 24.9 Å². The van der Waals surface area contributed by atoms with E-state index in [1.54, 1.807) is 10.9 Å². The van der Waals surface area contributed by atoms with Gasteiger partial charge in [0.15, 0.2) is 11.5 Å². The van der Waals surface area contributed by atoms with Gasteiger partial charge < -0.3 is 25.4 Å². The third-order valence-electron chi connectivity index (χ3n) is 3.80. The Morgan fingerprint density at radius 1 is 1.38 bits per heavy atom. The second-order valence-corrected chi connectivity index (χ2v) is 4.97. The van der Waals surface area contributed by atoms with E-state index in [0.29, 0.717) is 17.6 Å². The van der Waals surface area contributed by atoms with E-state index in [9.17, 15) is 10.2 Å². The quantitative estimate of drug-likeness (QED) is 0.504. The van der Waals surface area contributed by atoms with E-state index in [-0.39, 0.29) is 17.8 Å². The molecule has 112 valence electrons. The average molecular weight is 292 g/mol. The Morgan fingerprint density at radius 3 is 2.95 bits per heavy atom. The lowest BCUT2D eigenvalue weighted by Gasteiger charge is -2.17. The summed E-state index contributed by atoms with van der Waals surface area (Å²) in [6.07, 6.45) is 3.00. The summed E-state index contributed by atoms with van der Waals surface area (Å²) >= 11 is 0. The zero-order chi connectivity index (χ0) is 15.0. The predicted molar refractivity (Wildman–Crippen MR) is 74.4 cm³/mol. The molecule has 2 heterocycles. The van der Waals surface area contributed by atoms with Crippen LogP contribution in [0.15, 0.2) is 17.8 Å². The summed E-state index contributed by atoms with van der Waals surface area (Å²) in [6, 6.07) is -0.368. The van der Waals surface area contributed by atoms with Crippen molar-refractivity contribution >= 4 is 23.2 Å². The number of hydrogen-bond donors (Lipinski definition) is 3. The first-order valence-corrected chi connectivity index (χ1v) is 6.49. The largest absolute Gasteiger partial charge is 0.399 e. The highest BCUT2D eigenvalue weighted by molar-refractivity contribution is 5.81. The number of aliphatic hydroxyl groups excluding tert-OH is 2. The Morgan fingerprint density at radius 2 is 2.19 bits per heavy atom. The number of nitrogens with zero attached hydrogens (tertiary/aromatic N) is 5. The van der Waals surface area contributed by atoms with Crippen LogP contribution in [0, 0.1) is 5.92 Å². The molecule has 1 fully saturated rings. The third-order valence-corrected chi connectivity index (χ3v) is 3.80. The maximum Gasteiger partial charge on any atom is 0.165 e. The average Bonchev–Trinajstić information content (AvgIpc) is 3.02. The summed E-state index contributed by atoms with van der Waals surface area (Å²) in [5, 5.41) is 24.0. The summed E-state index contributed by atoms with van der Waals surface area (Å²) < 4.78 is 1.71. The second-order valence-electron chi connectivity index (χ2n) is 4.97. The Bertz CT molecular complexity index is 672.